The molecule has 0 amide bonds. The minimum Gasteiger partial charge on any atom is -0.462 e. The number of nitrogens with two attached hydrogens (primary N) is 1. The lowest BCUT2D eigenvalue weighted by atomic mass is 10.1. The fourth-order valence-electron chi connectivity index (χ4n) is 1.92. The van der Waals surface area contributed by atoms with Gasteiger partial charge in [0.25, 0.3) is 0 Å². The number of sulfone groups is 1. The molecule has 1 aromatic heterocycles. The van der Waals surface area contributed by atoms with E-state index in [1.54, 1.807) is 6.92 Å². The fourth-order valence-corrected chi connectivity index (χ4v) is 2.56. The highest BCUT2D eigenvalue weighted by Crippen LogP contribution is 2.29. The molecule has 0 spiro atoms. The summed E-state index contributed by atoms with van der Waals surface area (Å²) in [6.07, 6.45) is 1.05. The van der Waals surface area contributed by atoms with Crippen molar-refractivity contribution in [2.45, 2.75) is 11.8 Å². The molecule has 2 aromatic rings. The predicted octanol–water partition coefficient (Wildman–Crippen LogP) is 1.04. The molecule has 1 aromatic carbocycles. The zero-order valence-electron chi connectivity index (χ0n) is 11.0. The molecule has 3 N–H and O–H groups in total. The van der Waals surface area contributed by atoms with E-state index in [0.29, 0.717) is 10.1 Å². The van der Waals surface area contributed by atoms with Crippen LogP contribution in [-0.2, 0) is 14.6 Å². The average Bonchev–Trinajstić information content (AvgIpc) is 2.61. The maximum Gasteiger partial charge on any atom is 0.342 e. The molecule has 0 aliphatic heterocycles. The summed E-state index contributed by atoms with van der Waals surface area (Å²) < 4.78 is 28.5. The van der Waals surface area contributed by atoms with Gasteiger partial charge in [0, 0.05) is 11.6 Å². The van der Waals surface area contributed by atoms with Gasteiger partial charge in [-0.05, 0) is 19.1 Å². The molecule has 0 saturated carbocycles. The molecule has 0 saturated heterocycles. The molecule has 0 atom stereocenters. The van der Waals surface area contributed by atoms with E-state index in [4.69, 9.17) is 10.5 Å². The number of benzene rings is 1. The normalized spacial score (nSPS) is 11.7. The number of nitrogens with zero attached hydrogens (tertiary/aromatic N) is 1. The number of carbonyl (C=O) groups excluding carboxylic acids is 1. The Hall–Kier alpha value is -2.22. The van der Waals surface area contributed by atoms with Crippen LogP contribution in [0.3, 0.4) is 0 Å². The maximum atomic E-state index is 11.8. The van der Waals surface area contributed by atoms with Crippen LogP contribution in [0.4, 0.5) is 5.82 Å². The molecule has 20 heavy (non-hydrogen) atoms. The molecule has 0 aliphatic rings. The fraction of sp³-hybridized carbons (Fsp3) is 0.250. The number of anilines is 1. The molecule has 1 heterocycles. The highest BCUT2D eigenvalue weighted by atomic mass is 32.2. The van der Waals surface area contributed by atoms with Crippen LogP contribution < -0.4 is 5.73 Å². The van der Waals surface area contributed by atoms with E-state index in [2.05, 4.69) is 0 Å². The van der Waals surface area contributed by atoms with Crippen molar-refractivity contribution < 1.29 is 23.2 Å². The number of nitrogen functional groups attached to an aromatic ring is 1. The van der Waals surface area contributed by atoms with E-state index in [9.17, 15) is 18.4 Å². The summed E-state index contributed by atoms with van der Waals surface area (Å²) in [4.78, 5) is 11.9. The number of aromatic nitrogens is 1. The minimum absolute atomic E-state index is 0.0180. The van der Waals surface area contributed by atoms with Gasteiger partial charge < -0.3 is 15.7 Å². The van der Waals surface area contributed by atoms with Gasteiger partial charge in [-0.25, -0.2) is 13.2 Å². The Kier molecular flexibility index (Phi) is 3.34. The summed E-state index contributed by atoms with van der Waals surface area (Å²) in [5.74, 6) is -0.862. The molecule has 0 fully saturated rings. The van der Waals surface area contributed by atoms with Crippen LogP contribution >= 0.6 is 0 Å². The molecule has 0 aliphatic carbocycles. The highest BCUT2D eigenvalue weighted by Gasteiger charge is 2.23. The molecule has 2 rings (SSSR count). The van der Waals surface area contributed by atoms with E-state index in [1.807, 2.05) is 0 Å². The van der Waals surface area contributed by atoms with Crippen LogP contribution in [0.5, 0.6) is 0 Å². The number of hydrogen-bond acceptors (Lipinski definition) is 6. The van der Waals surface area contributed by atoms with Crippen molar-refractivity contribution in [2.24, 2.45) is 0 Å². The van der Waals surface area contributed by atoms with Crippen LogP contribution in [0.2, 0.25) is 0 Å². The lowest BCUT2D eigenvalue weighted by molar-refractivity contribution is 0.0528. The molecule has 0 unspecified atom stereocenters. The standard InChI is InChI=1S/C12H14N2O5S/c1-3-19-12(15)10-8-5-4-7(20(2,17)18)6-9(8)14(16)11(10)13/h4-6,16H,3,13H2,1-2H3. The van der Waals surface area contributed by atoms with E-state index in [0.717, 1.165) is 6.26 Å². The average molecular weight is 298 g/mol. The molecule has 0 radical (unpaired) electrons. The summed E-state index contributed by atoms with van der Waals surface area (Å²) in [7, 11) is -3.43. The number of fused-ring (bicyclic) bond motifs is 1. The van der Waals surface area contributed by atoms with Crippen LogP contribution in [0, 0.1) is 0 Å². The summed E-state index contributed by atoms with van der Waals surface area (Å²) in [6.45, 7) is 1.81. The van der Waals surface area contributed by atoms with E-state index >= 15 is 0 Å². The van der Waals surface area contributed by atoms with E-state index in [-0.39, 0.29) is 28.4 Å². The summed E-state index contributed by atoms with van der Waals surface area (Å²) in [5.41, 5.74) is 5.82. The van der Waals surface area contributed by atoms with Crippen molar-refractivity contribution in [3.05, 3.63) is 23.8 Å². The van der Waals surface area contributed by atoms with Gasteiger partial charge >= 0.3 is 5.97 Å². The second-order valence-electron chi connectivity index (χ2n) is 4.24. The Labute approximate surface area is 115 Å². The minimum atomic E-state index is -3.43. The summed E-state index contributed by atoms with van der Waals surface area (Å²) >= 11 is 0. The monoisotopic (exact) mass is 298 g/mol. The molecular formula is C12H14N2O5S. The number of esters is 1. The third kappa shape index (κ3) is 2.18. The van der Waals surface area contributed by atoms with E-state index in [1.165, 1.54) is 18.2 Å². The molecular weight excluding hydrogens is 284 g/mol. The number of rotatable bonds is 3. The van der Waals surface area contributed by atoms with Gasteiger partial charge in [-0.2, -0.15) is 4.73 Å². The predicted molar refractivity (Wildman–Crippen MR) is 72.6 cm³/mol. The van der Waals surface area contributed by atoms with Gasteiger partial charge in [0.05, 0.1) is 17.0 Å². The topological polar surface area (TPSA) is 112 Å². The zero-order chi connectivity index (χ0) is 15.1. The molecule has 8 heteroatoms. The largest absolute Gasteiger partial charge is 0.462 e. The van der Waals surface area contributed by atoms with Crippen molar-refractivity contribution in [1.29, 1.82) is 0 Å². The SMILES string of the molecule is CCOC(=O)c1c(N)n(O)c2cc(S(C)(=O)=O)ccc12. The van der Waals surface area contributed by atoms with Crippen LogP contribution in [0.1, 0.15) is 17.3 Å². The lowest BCUT2D eigenvalue weighted by Crippen LogP contribution is -2.08. The van der Waals surface area contributed by atoms with Crippen molar-refractivity contribution >= 4 is 32.5 Å². The van der Waals surface area contributed by atoms with Gasteiger partial charge in [-0.3, -0.25) is 0 Å². The van der Waals surface area contributed by atoms with Gasteiger partial charge in [0.2, 0.25) is 0 Å². The van der Waals surface area contributed by atoms with Gasteiger partial charge in [0.15, 0.2) is 15.7 Å². The Morgan fingerprint density at radius 2 is 2.10 bits per heavy atom. The van der Waals surface area contributed by atoms with Crippen molar-refractivity contribution in [1.82, 2.24) is 4.73 Å². The van der Waals surface area contributed by atoms with Crippen LogP contribution in [0.25, 0.3) is 10.9 Å². The van der Waals surface area contributed by atoms with Crippen LogP contribution in [0.15, 0.2) is 23.1 Å². The van der Waals surface area contributed by atoms with E-state index < -0.39 is 15.8 Å². The maximum absolute atomic E-state index is 11.8. The second kappa shape index (κ2) is 4.71. The second-order valence-corrected chi connectivity index (χ2v) is 6.26. The summed E-state index contributed by atoms with van der Waals surface area (Å²) in [6, 6.07) is 4.02. The third-order valence-electron chi connectivity index (χ3n) is 2.86. The van der Waals surface area contributed by atoms with Gasteiger partial charge in [-0.15, -0.1) is 0 Å². The Morgan fingerprint density at radius 1 is 1.45 bits per heavy atom. The first kappa shape index (κ1) is 14.2. The van der Waals surface area contributed by atoms with Gasteiger partial charge in [0.1, 0.15) is 5.56 Å². The Bertz CT molecular complexity index is 792. The number of ether oxygens (including phenoxy) is 1. The van der Waals surface area contributed by atoms with Gasteiger partial charge in [-0.1, -0.05) is 6.07 Å². The first-order valence-electron chi connectivity index (χ1n) is 5.77. The van der Waals surface area contributed by atoms with Crippen molar-refractivity contribution in [3.8, 4) is 0 Å². The first-order chi connectivity index (χ1) is 9.27. The zero-order valence-corrected chi connectivity index (χ0v) is 11.8. The molecule has 7 nitrogen and oxygen atoms in total. The Morgan fingerprint density at radius 3 is 2.65 bits per heavy atom. The quantitative estimate of drug-likeness (QED) is 0.647. The number of carbonyl (C=O) groups is 1. The van der Waals surface area contributed by atoms with Crippen LogP contribution in [-0.4, -0.2) is 37.2 Å². The molecule has 0 bridgehead atoms. The van der Waals surface area contributed by atoms with Crippen molar-refractivity contribution in [2.75, 3.05) is 18.6 Å². The Balaban J connectivity index is 2.75. The first-order valence-corrected chi connectivity index (χ1v) is 7.67. The molecule has 108 valence electrons. The third-order valence-corrected chi connectivity index (χ3v) is 3.97. The lowest BCUT2D eigenvalue weighted by Gasteiger charge is -2.01. The smallest absolute Gasteiger partial charge is 0.342 e. The summed E-state index contributed by atoms with van der Waals surface area (Å²) in [5, 5.41) is 10.2. The highest BCUT2D eigenvalue weighted by molar-refractivity contribution is 7.90. The number of hydrogen-bond donors (Lipinski definition) is 2. The van der Waals surface area contributed by atoms with Crippen molar-refractivity contribution in [3.63, 3.8) is 0 Å².